The number of aryl methyl sites for hydroxylation is 1. The zero-order valence-electron chi connectivity index (χ0n) is 9.76. The van der Waals surface area contributed by atoms with E-state index in [9.17, 15) is 4.79 Å². The summed E-state index contributed by atoms with van der Waals surface area (Å²) in [6.45, 7) is 0.175. The quantitative estimate of drug-likeness (QED) is 0.681. The van der Waals surface area contributed by atoms with Gasteiger partial charge in [0.05, 0.1) is 22.5 Å². The molecule has 2 aromatic rings. The van der Waals surface area contributed by atoms with Gasteiger partial charge in [0.2, 0.25) is 0 Å². The highest BCUT2D eigenvalue weighted by atomic mass is 35.5. The van der Waals surface area contributed by atoms with Crippen LogP contribution in [0.3, 0.4) is 0 Å². The predicted octanol–water partition coefficient (Wildman–Crippen LogP) is 2.01. The van der Waals surface area contributed by atoms with Gasteiger partial charge in [-0.1, -0.05) is 11.6 Å². The predicted molar refractivity (Wildman–Crippen MR) is 68.2 cm³/mol. The van der Waals surface area contributed by atoms with Gasteiger partial charge in [-0.25, -0.2) is 4.79 Å². The molecule has 1 aromatic heterocycles. The second-order valence-corrected chi connectivity index (χ2v) is 4.24. The van der Waals surface area contributed by atoms with Crippen LogP contribution in [0.1, 0.15) is 15.9 Å². The number of nitrogens with two attached hydrogens (primary N) is 1. The highest BCUT2D eigenvalue weighted by Crippen LogP contribution is 2.20. The molecule has 0 spiro atoms. The number of halogens is 1. The average molecular weight is 266 g/mol. The lowest BCUT2D eigenvalue weighted by Gasteiger charge is -2.04. The van der Waals surface area contributed by atoms with E-state index in [0.717, 1.165) is 5.56 Å². The van der Waals surface area contributed by atoms with Crippen molar-refractivity contribution in [3.8, 4) is 0 Å². The molecule has 0 aliphatic heterocycles. The van der Waals surface area contributed by atoms with Gasteiger partial charge >= 0.3 is 5.97 Å². The fraction of sp³-hybridized carbons (Fsp3) is 0.167. The van der Waals surface area contributed by atoms with Crippen molar-refractivity contribution in [2.45, 2.75) is 6.61 Å². The lowest BCUT2D eigenvalue weighted by atomic mass is 10.2. The number of rotatable bonds is 3. The number of nitrogen functional groups attached to an aromatic ring is 1. The van der Waals surface area contributed by atoms with Gasteiger partial charge in [0.15, 0.2) is 0 Å². The van der Waals surface area contributed by atoms with Crippen molar-refractivity contribution in [1.29, 1.82) is 0 Å². The molecule has 0 amide bonds. The normalized spacial score (nSPS) is 10.3. The molecule has 1 heterocycles. The van der Waals surface area contributed by atoms with Crippen molar-refractivity contribution < 1.29 is 9.53 Å². The molecule has 1 aromatic carbocycles. The van der Waals surface area contributed by atoms with E-state index in [1.54, 1.807) is 36.3 Å². The second-order valence-electron chi connectivity index (χ2n) is 3.83. The van der Waals surface area contributed by atoms with E-state index in [-0.39, 0.29) is 6.61 Å². The van der Waals surface area contributed by atoms with Crippen LogP contribution in [-0.4, -0.2) is 15.7 Å². The fourth-order valence-electron chi connectivity index (χ4n) is 1.43. The third-order valence-corrected chi connectivity index (χ3v) is 2.69. The number of anilines is 1. The summed E-state index contributed by atoms with van der Waals surface area (Å²) in [5.74, 6) is -0.444. The number of aromatic nitrogens is 2. The zero-order valence-corrected chi connectivity index (χ0v) is 10.5. The first-order valence-corrected chi connectivity index (χ1v) is 5.64. The lowest BCUT2D eigenvalue weighted by Crippen LogP contribution is -2.05. The van der Waals surface area contributed by atoms with E-state index < -0.39 is 5.97 Å². The number of benzene rings is 1. The Morgan fingerprint density at radius 1 is 1.56 bits per heavy atom. The molecule has 0 bridgehead atoms. The van der Waals surface area contributed by atoms with Gasteiger partial charge in [-0.15, -0.1) is 0 Å². The second kappa shape index (κ2) is 5.10. The summed E-state index contributed by atoms with van der Waals surface area (Å²) in [5.41, 5.74) is 7.19. The van der Waals surface area contributed by atoms with Crippen molar-refractivity contribution in [3.05, 3.63) is 46.7 Å². The summed E-state index contributed by atoms with van der Waals surface area (Å²) >= 11 is 5.83. The SMILES string of the molecule is Cn1cc(COC(=O)c2ccc(N)c(Cl)c2)cn1. The van der Waals surface area contributed by atoms with Crippen LogP contribution in [0.15, 0.2) is 30.6 Å². The summed E-state index contributed by atoms with van der Waals surface area (Å²) in [5, 5.41) is 4.32. The molecule has 0 radical (unpaired) electrons. The molecule has 6 heteroatoms. The molecule has 2 N–H and O–H groups in total. The Labute approximate surface area is 109 Å². The summed E-state index contributed by atoms with van der Waals surface area (Å²) in [6, 6.07) is 4.64. The lowest BCUT2D eigenvalue weighted by molar-refractivity contribution is 0.0472. The molecule has 18 heavy (non-hydrogen) atoms. The molecule has 0 aliphatic rings. The first-order valence-electron chi connectivity index (χ1n) is 5.26. The Hall–Kier alpha value is -2.01. The topological polar surface area (TPSA) is 70.1 Å². The third-order valence-electron chi connectivity index (χ3n) is 2.36. The van der Waals surface area contributed by atoms with Crippen LogP contribution >= 0.6 is 11.6 Å². The molecular weight excluding hydrogens is 254 g/mol. The number of hydrogen-bond acceptors (Lipinski definition) is 4. The van der Waals surface area contributed by atoms with Crippen LogP contribution in [-0.2, 0) is 18.4 Å². The van der Waals surface area contributed by atoms with Crippen molar-refractivity contribution in [2.75, 3.05) is 5.73 Å². The zero-order chi connectivity index (χ0) is 13.1. The smallest absolute Gasteiger partial charge is 0.338 e. The van der Waals surface area contributed by atoms with Crippen molar-refractivity contribution in [2.24, 2.45) is 7.05 Å². The monoisotopic (exact) mass is 265 g/mol. The molecule has 0 saturated carbocycles. The number of nitrogens with zero attached hydrogens (tertiary/aromatic N) is 2. The minimum Gasteiger partial charge on any atom is -0.457 e. The fourth-order valence-corrected chi connectivity index (χ4v) is 1.61. The number of esters is 1. The van der Waals surface area contributed by atoms with Crippen LogP contribution in [0.4, 0.5) is 5.69 Å². The van der Waals surface area contributed by atoms with Crippen molar-refractivity contribution in [1.82, 2.24) is 9.78 Å². The molecule has 0 atom stereocenters. The average Bonchev–Trinajstić information content (AvgIpc) is 2.75. The van der Waals surface area contributed by atoms with E-state index in [0.29, 0.717) is 16.3 Å². The first-order chi connectivity index (χ1) is 8.56. The Morgan fingerprint density at radius 2 is 2.33 bits per heavy atom. The van der Waals surface area contributed by atoms with Crippen LogP contribution in [0.5, 0.6) is 0 Å². The molecule has 94 valence electrons. The highest BCUT2D eigenvalue weighted by molar-refractivity contribution is 6.33. The van der Waals surface area contributed by atoms with Gasteiger partial charge in [-0.05, 0) is 18.2 Å². The molecule has 0 unspecified atom stereocenters. The Morgan fingerprint density at radius 3 is 2.94 bits per heavy atom. The summed E-state index contributed by atoms with van der Waals surface area (Å²) in [6.07, 6.45) is 3.42. The van der Waals surface area contributed by atoms with Gasteiger partial charge in [0, 0.05) is 18.8 Å². The summed E-state index contributed by atoms with van der Waals surface area (Å²) in [4.78, 5) is 11.7. The number of carbonyl (C=O) groups is 1. The van der Waals surface area contributed by atoms with Crippen LogP contribution in [0, 0.1) is 0 Å². The summed E-state index contributed by atoms with van der Waals surface area (Å²) in [7, 11) is 1.80. The first kappa shape index (κ1) is 12.4. The van der Waals surface area contributed by atoms with E-state index >= 15 is 0 Å². The van der Waals surface area contributed by atoms with E-state index in [4.69, 9.17) is 22.1 Å². The molecule has 0 saturated heterocycles. The third kappa shape index (κ3) is 2.81. The Balaban J connectivity index is 2.01. The molecule has 0 aliphatic carbocycles. The minimum atomic E-state index is -0.444. The van der Waals surface area contributed by atoms with Crippen LogP contribution < -0.4 is 5.73 Å². The maximum atomic E-state index is 11.7. The van der Waals surface area contributed by atoms with Gasteiger partial charge in [-0.2, -0.15) is 5.10 Å². The number of hydrogen-bond donors (Lipinski definition) is 1. The van der Waals surface area contributed by atoms with E-state index in [1.807, 2.05) is 0 Å². The summed E-state index contributed by atoms with van der Waals surface area (Å²) < 4.78 is 6.77. The maximum absolute atomic E-state index is 11.7. The largest absolute Gasteiger partial charge is 0.457 e. The van der Waals surface area contributed by atoms with Crippen molar-refractivity contribution >= 4 is 23.3 Å². The molecule has 0 fully saturated rings. The molecular formula is C12H12ClN3O2. The molecule has 5 nitrogen and oxygen atoms in total. The number of carbonyl (C=O) groups excluding carboxylic acids is 1. The number of ether oxygens (including phenoxy) is 1. The maximum Gasteiger partial charge on any atom is 0.338 e. The minimum absolute atomic E-state index is 0.175. The van der Waals surface area contributed by atoms with E-state index in [2.05, 4.69) is 5.10 Å². The highest BCUT2D eigenvalue weighted by Gasteiger charge is 2.09. The van der Waals surface area contributed by atoms with Gasteiger partial charge < -0.3 is 10.5 Å². The van der Waals surface area contributed by atoms with Crippen LogP contribution in [0.25, 0.3) is 0 Å². The van der Waals surface area contributed by atoms with Gasteiger partial charge in [0.25, 0.3) is 0 Å². The Kier molecular flexibility index (Phi) is 3.53. The van der Waals surface area contributed by atoms with E-state index in [1.165, 1.54) is 6.07 Å². The Bertz CT molecular complexity index is 580. The molecule has 2 rings (SSSR count). The van der Waals surface area contributed by atoms with Crippen LogP contribution in [0.2, 0.25) is 5.02 Å². The van der Waals surface area contributed by atoms with Gasteiger partial charge in [0.1, 0.15) is 6.61 Å². The van der Waals surface area contributed by atoms with Crippen molar-refractivity contribution in [3.63, 3.8) is 0 Å². The standard InChI is InChI=1S/C12H12ClN3O2/c1-16-6-8(5-15-16)7-18-12(17)9-2-3-11(14)10(13)4-9/h2-6H,7,14H2,1H3. The van der Waals surface area contributed by atoms with Gasteiger partial charge in [-0.3, -0.25) is 4.68 Å².